The van der Waals surface area contributed by atoms with Crippen LogP contribution in [-0.4, -0.2) is 11.2 Å². The molecule has 2 heteroatoms. The maximum Gasteiger partial charge on any atom is 0.0851 e. The second kappa shape index (κ2) is 10.9. The Morgan fingerprint density at radius 1 is 1.11 bits per heavy atom. The van der Waals surface area contributed by atoms with Gasteiger partial charge in [-0.05, 0) is 25.2 Å². The number of aliphatic hydroxyl groups excluding tert-OH is 1. The third kappa shape index (κ3) is 8.14. The Morgan fingerprint density at radius 3 is 2.42 bits per heavy atom. The number of rotatable bonds is 9. The molecule has 1 aliphatic carbocycles. The van der Waals surface area contributed by atoms with E-state index >= 15 is 0 Å². The lowest BCUT2D eigenvalue weighted by atomic mass is 9.88. The summed E-state index contributed by atoms with van der Waals surface area (Å²) in [5, 5.41) is 10.1. The Bertz CT molecular complexity index is 244. The molecule has 0 amide bonds. The normalized spacial score (nSPS) is 19.6. The molecule has 0 bridgehead atoms. The summed E-state index contributed by atoms with van der Waals surface area (Å²) in [6, 6.07) is 0. The Kier molecular flexibility index (Phi) is 9.89. The smallest absolute Gasteiger partial charge is 0.0851 e. The van der Waals surface area contributed by atoms with E-state index in [1.54, 1.807) is 0 Å². The van der Waals surface area contributed by atoms with Crippen molar-refractivity contribution in [2.75, 3.05) is 0 Å². The highest BCUT2D eigenvalue weighted by molar-refractivity contribution is 9.11. The SMILES string of the molecule is CCCCCCCCC(O)/C(Br)=C/C1CCCCC1. The summed E-state index contributed by atoms with van der Waals surface area (Å²) in [4.78, 5) is 0. The molecule has 112 valence electrons. The summed E-state index contributed by atoms with van der Waals surface area (Å²) < 4.78 is 1.04. The number of aliphatic hydroxyl groups is 1. The Hall–Kier alpha value is 0.180. The fourth-order valence-corrected chi connectivity index (χ4v) is 3.50. The largest absolute Gasteiger partial charge is 0.388 e. The third-order valence-electron chi connectivity index (χ3n) is 4.19. The fourth-order valence-electron chi connectivity index (χ4n) is 2.89. The van der Waals surface area contributed by atoms with Gasteiger partial charge in [-0.25, -0.2) is 0 Å². The number of allylic oxidation sites excluding steroid dienone is 1. The second-order valence-electron chi connectivity index (χ2n) is 6.02. The highest BCUT2D eigenvalue weighted by atomic mass is 79.9. The maximum atomic E-state index is 10.1. The van der Waals surface area contributed by atoms with Gasteiger partial charge < -0.3 is 5.11 Å². The summed E-state index contributed by atoms with van der Waals surface area (Å²) in [5.41, 5.74) is 0. The van der Waals surface area contributed by atoms with Gasteiger partial charge in [0.25, 0.3) is 0 Å². The lowest BCUT2D eigenvalue weighted by Gasteiger charge is -2.20. The van der Waals surface area contributed by atoms with E-state index in [2.05, 4.69) is 28.9 Å². The summed E-state index contributed by atoms with van der Waals surface area (Å²) in [6.45, 7) is 2.25. The summed E-state index contributed by atoms with van der Waals surface area (Å²) in [6.07, 6.45) is 17.4. The molecule has 0 radical (unpaired) electrons. The van der Waals surface area contributed by atoms with E-state index in [1.165, 1.54) is 64.2 Å². The zero-order valence-corrected chi connectivity index (χ0v) is 14.1. The van der Waals surface area contributed by atoms with E-state index in [9.17, 15) is 5.11 Å². The van der Waals surface area contributed by atoms with Crippen LogP contribution in [0.25, 0.3) is 0 Å². The van der Waals surface area contributed by atoms with Crippen LogP contribution in [0.5, 0.6) is 0 Å². The number of unbranched alkanes of at least 4 members (excludes halogenated alkanes) is 5. The van der Waals surface area contributed by atoms with Gasteiger partial charge in [0.15, 0.2) is 0 Å². The maximum absolute atomic E-state index is 10.1. The van der Waals surface area contributed by atoms with E-state index in [4.69, 9.17) is 0 Å². The molecule has 1 aliphatic rings. The van der Waals surface area contributed by atoms with E-state index < -0.39 is 0 Å². The van der Waals surface area contributed by atoms with Gasteiger partial charge in [0.1, 0.15) is 0 Å². The standard InChI is InChI=1S/C17H31BrO/c1-2-3-4-5-6-10-13-17(19)16(18)14-15-11-8-7-9-12-15/h14-15,17,19H,2-13H2,1H3/b16-14-. The molecule has 1 saturated carbocycles. The number of hydrogen-bond donors (Lipinski definition) is 1. The first-order chi connectivity index (χ1) is 9.24. The van der Waals surface area contributed by atoms with E-state index in [0.29, 0.717) is 5.92 Å². The average Bonchev–Trinajstić information content (AvgIpc) is 2.43. The van der Waals surface area contributed by atoms with Gasteiger partial charge in [-0.1, -0.05) is 86.7 Å². The average molecular weight is 331 g/mol. The van der Waals surface area contributed by atoms with E-state index in [-0.39, 0.29) is 6.10 Å². The molecule has 0 aromatic rings. The topological polar surface area (TPSA) is 20.2 Å². The molecule has 1 rings (SSSR count). The van der Waals surface area contributed by atoms with Gasteiger partial charge in [-0.2, -0.15) is 0 Å². The van der Waals surface area contributed by atoms with Crippen LogP contribution < -0.4 is 0 Å². The van der Waals surface area contributed by atoms with Crippen LogP contribution >= 0.6 is 15.9 Å². The Balaban J connectivity index is 2.13. The van der Waals surface area contributed by atoms with E-state index in [1.807, 2.05) is 0 Å². The van der Waals surface area contributed by atoms with Gasteiger partial charge in [-0.3, -0.25) is 0 Å². The van der Waals surface area contributed by atoms with Crippen LogP contribution in [0, 0.1) is 5.92 Å². The van der Waals surface area contributed by atoms with Crippen molar-refractivity contribution in [1.82, 2.24) is 0 Å². The highest BCUT2D eigenvalue weighted by Crippen LogP contribution is 2.28. The van der Waals surface area contributed by atoms with Crippen molar-refractivity contribution in [3.8, 4) is 0 Å². The first kappa shape index (κ1) is 17.2. The molecule has 0 spiro atoms. The van der Waals surface area contributed by atoms with Gasteiger partial charge in [0.05, 0.1) is 6.10 Å². The minimum absolute atomic E-state index is 0.270. The van der Waals surface area contributed by atoms with Crippen LogP contribution in [0.1, 0.15) is 84.0 Å². The molecule has 0 aromatic heterocycles. The Morgan fingerprint density at radius 2 is 1.74 bits per heavy atom. The van der Waals surface area contributed by atoms with Crippen molar-refractivity contribution in [2.24, 2.45) is 5.92 Å². The predicted octanol–water partition coefficient (Wildman–Crippen LogP) is 5.96. The van der Waals surface area contributed by atoms with Gasteiger partial charge in [0.2, 0.25) is 0 Å². The predicted molar refractivity (Wildman–Crippen MR) is 87.6 cm³/mol. The molecule has 1 unspecified atom stereocenters. The molecule has 0 aliphatic heterocycles. The van der Waals surface area contributed by atoms with Crippen LogP contribution in [-0.2, 0) is 0 Å². The second-order valence-corrected chi connectivity index (χ2v) is 6.94. The van der Waals surface area contributed by atoms with Gasteiger partial charge >= 0.3 is 0 Å². The van der Waals surface area contributed by atoms with Crippen LogP contribution in [0.4, 0.5) is 0 Å². The summed E-state index contributed by atoms with van der Waals surface area (Å²) >= 11 is 3.58. The van der Waals surface area contributed by atoms with Crippen molar-refractivity contribution < 1.29 is 5.11 Å². The third-order valence-corrected chi connectivity index (χ3v) is 4.99. The lowest BCUT2D eigenvalue weighted by Crippen LogP contribution is -2.10. The fraction of sp³-hybridized carbons (Fsp3) is 0.882. The first-order valence-electron chi connectivity index (χ1n) is 8.29. The van der Waals surface area contributed by atoms with Crippen LogP contribution in [0.3, 0.4) is 0 Å². The minimum Gasteiger partial charge on any atom is -0.388 e. The van der Waals surface area contributed by atoms with Crippen molar-refractivity contribution in [3.63, 3.8) is 0 Å². The molecule has 0 saturated heterocycles. The first-order valence-corrected chi connectivity index (χ1v) is 9.08. The minimum atomic E-state index is -0.270. The molecule has 1 atom stereocenters. The zero-order chi connectivity index (χ0) is 13.9. The molecule has 1 fully saturated rings. The Labute approximate surface area is 128 Å². The van der Waals surface area contributed by atoms with Gasteiger partial charge in [0, 0.05) is 4.48 Å². The van der Waals surface area contributed by atoms with Crippen molar-refractivity contribution in [3.05, 3.63) is 10.6 Å². The monoisotopic (exact) mass is 330 g/mol. The molecule has 1 nitrogen and oxygen atoms in total. The lowest BCUT2D eigenvalue weighted by molar-refractivity contribution is 0.204. The summed E-state index contributed by atoms with van der Waals surface area (Å²) in [7, 11) is 0. The van der Waals surface area contributed by atoms with Crippen LogP contribution in [0.2, 0.25) is 0 Å². The summed E-state index contributed by atoms with van der Waals surface area (Å²) in [5.74, 6) is 0.697. The molecule has 19 heavy (non-hydrogen) atoms. The number of halogens is 1. The van der Waals surface area contributed by atoms with Crippen LogP contribution in [0.15, 0.2) is 10.6 Å². The molecule has 1 N–H and O–H groups in total. The number of hydrogen-bond acceptors (Lipinski definition) is 1. The van der Waals surface area contributed by atoms with Crippen molar-refractivity contribution in [2.45, 2.75) is 90.1 Å². The van der Waals surface area contributed by atoms with E-state index in [0.717, 1.165) is 17.3 Å². The highest BCUT2D eigenvalue weighted by Gasteiger charge is 2.14. The molecular formula is C17H31BrO. The zero-order valence-electron chi connectivity index (χ0n) is 12.5. The molecule has 0 heterocycles. The molecule has 0 aromatic carbocycles. The van der Waals surface area contributed by atoms with Crippen molar-refractivity contribution in [1.29, 1.82) is 0 Å². The van der Waals surface area contributed by atoms with Crippen molar-refractivity contribution >= 4 is 15.9 Å². The molecular weight excluding hydrogens is 300 g/mol. The quantitative estimate of drug-likeness (QED) is 0.517. The van der Waals surface area contributed by atoms with Gasteiger partial charge in [-0.15, -0.1) is 0 Å².